The normalized spacial score (nSPS) is 15.4. The lowest BCUT2D eigenvalue weighted by Crippen LogP contribution is -2.39. The highest BCUT2D eigenvalue weighted by atomic mass is 16.6. The highest BCUT2D eigenvalue weighted by Gasteiger charge is 2.49. The monoisotopic (exact) mass is 678 g/mol. The molecule has 0 N–H and O–H groups in total. The molecule has 0 aromatic heterocycles. The predicted molar refractivity (Wildman–Crippen MR) is 191 cm³/mol. The number of carbonyl (C=O) groups excluding carboxylic acids is 4. The summed E-state index contributed by atoms with van der Waals surface area (Å²) >= 11 is 0. The number of fused-ring (bicyclic) bond motifs is 3. The van der Waals surface area contributed by atoms with Crippen molar-refractivity contribution in [1.29, 1.82) is 0 Å². The molecule has 8 nitrogen and oxygen atoms in total. The molecule has 0 amide bonds. The molecule has 0 saturated heterocycles. The first-order valence-electron chi connectivity index (χ1n) is 17.5. The van der Waals surface area contributed by atoms with Crippen LogP contribution in [-0.4, -0.2) is 46.3 Å². The van der Waals surface area contributed by atoms with Gasteiger partial charge in [-0.1, -0.05) is 26.0 Å². The van der Waals surface area contributed by atoms with Crippen molar-refractivity contribution < 1.29 is 38.1 Å². The van der Waals surface area contributed by atoms with E-state index in [1.165, 1.54) is 0 Å². The second kappa shape index (κ2) is 14.3. The van der Waals surface area contributed by atoms with Gasteiger partial charge in [-0.3, -0.25) is 9.59 Å². The van der Waals surface area contributed by atoms with E-state index in [4.69, 9.17) is 18.9 Å². The maximum atomic E-state index is 13.8. The molecule has 0 aliphatic heterocycles. The Balaban J connectivity index is 2.40. The molecular weight excluding hydrogens is 620 g/mol. The highest BCUT2D eigenvalue weighted by Crippen LogP contribution is 2.56. The molecule has 270 valence electrons. The smallest absolute Gasteiger partial charge is 0.338 e. The molecule has 0 radical (unpaired) electrons. The zero-order chi connectivity index (χ0) is 37.3. The molecule has 0 bridgehead atoms. The Kier molecular flexibility index (Phi) is 11.6. The fourth-order valence-electron chi connectivity index (χ4n) is 6.35. The molecule has 2 atom stereocenters. The van der Waals surface area contributed by atoms with Crippen LogP contribution in [-0.2, 0) is 34.0 Å². The Morgan fingerprint density at radius 2 is 0.837 bits per heavy atom. The van der Waals surface area contributed by atoms with Gasteiger partial charge in [0.15, 0.2) is 0 Å². The predicted octanol–water partition coefficient (Wildman–Crippen LogP) is 9.38. The Morgan fingerprint density at radius 3 is 1.10 bits per heavy atom. The lowest BCUT2D eigenvalue weighted by atomic mass is 9.66. The second-order valence-electron chi connectivity index (χ2n) is 17.3. The molecule has 2 unspecified atom stereocenters. The summed E-state index contributed by atoms with van der Waals surface area (Å²) in [5, 5.41) is 0. The SMILES string of the molecule is CCC(CC1(CC(CC)C(=O)OC(C)(C)C)c2cc(C(=O)OC(C)(C)C)ccc2-c2ccc(C(=O)OC(C)(C)C)cc21)C(=O)OC(C)(C)C. The number of benzene rings is 2. The van der Waals surface area contributed by atoms with E-state index in [9.17, 15) is 19.2 Å². The van der Waals surface area contributed by atoms with Crippen LogP contribution >= 0.6 is 0 Å². The summed E-state index contributed by atoms with van der Waals surface area (Å²) in [6.07, 6.45) is 1.49. The first-order valence-corrected chi connectivity index (χ1v) is 17.5. The van der Waals surface area contributed by atoms with Crippen molar-refractivity contribution in [2.24, 2.45) is 11.8 Å². The maximum Gasteiger partial charge on any atom is 0.338 e. The Hall–Kier alpha value is -3.68. The number of carbonyl (C=O) groups is 4. The number of esters is 4. The van der Waals surface area contributed by atoms with Gasteiger partial charge in [0.25, 0.3) is 0 Å². The van der Waals surface area contributed by atoms with E-state index in [-0.39, 0.29) is 24.8 Å². The number of hydrogen-bond donors (Lipinski definition) is 0. The number of hydrogen-bond acceptors (Lipinski definition) is 8. The van der Waals surface area contributed by atoms with Gasteiger partial charge in [-0.15, -0.1) is 0 Å². The largest absolute Gasteiger partial charge is 0.460 e. The van der Waals surface area contributed by atoms with Crippen LogP contribution in [0.4, 0.5) is 0 Å². The molecule has 0 fully saturated rings. The zero-order valence-electron chi connectivity index (χ0n) is 32.2. The first kappa shape index (κ1) is 39.8. The van der Waals surface area contributed by atoms with Crippen molar-refractivity contribution in [3.05, 3.63) is 58.7 Å². The van der Waals surface area contributed by atoms with E-state index >= 15 is 0 Å². The average Bonchev–Trinajstić information content (AvgIpc) is 3.19. The van der Waals surface area contributed by atoms with Crippen molar-refractivity contribution in [3.8, 4) is 11.1 Å². The molecule has 2 aromatic carbocycles. The quantitative estimate of drug-likeness (QED) is 0.181. The molecule has 8 heteroatoms. The maximum absolute atomic E-state index is 13.8. The summed E-state index contributed by atoms with van der Waals surface area (Å²) in [4.78, 5) is 54.6. The second-order valence-corrected chi connectivity index (χ2v) is 17.3. The van der Waals surface area contributed by atoms with Gasteiger partial charge in [-0.2, -0.15) is 0 Å². The van der Waals surface area contributed by atoms with Crippen molar-refractivity contribution in [1.82, 2.24) is 0 Å². The average molecular weight is 679 g/mol. The fraction of sp³-hybridized carbons (Fsp3) is 0.610. The molecule has 3 rings (SSSR count). The van der Waals surface area contributed by atoms with E-state index in [1.807, 2.05) is 121 Å². The van der Waals surface area contributed by atoms with E-state index in [0.717, 1.165) is 22.3 Å². The van der Waals surface area contributed by atoms with Crippen LogP contribution in [0.1, 0.15) is 154 Å². The zero-order valence-corrected chi connectivity index (χ0v) is 32.2. The van der Waals surface area contributed by atoms with Crippen LogP contribution in [0.2, 0.25) is 0 Å². The molecule has 49 heavy (non-hydrogen) atoms. The fourth-order valence-corrected chi connectivity index (χ4v) is 6.35. The lowest BCUT2D eigenvalue weighted by Gasteiger charge is -2.38. The van der Waals surface area contributed by atoms with E-state index in [2.05, 4.69) is 0 Å². The van der Waals surface area contributed by atoms with Gasteiger partial charge in [0, 0.05) is 5.41 Å². The molecule has 0 spiro atoms. The summed E-state index contributed by atoms with van der Waals surface area (Å²) < 4.78 is 23.4. The molecule has 1 aliphatic carbocycles. The minimum atomic E-state index is -0.990. The molecule has 0 saturated carbocycles. The van der Waals surface area contributed by atoms with Crippen LogP contribution in [0.5, 0.6) is 0 Å². The molecule has 1 aliphatic rings. The minimum absolute atomic E-state index is 0.271. The third kappa shape index (κ3) is 10.2. The third-order valence-corrected chi connectivity index (χ3v) is 8.29. The third-order valence-electron chi connectivity index (χ3n) is 8.29. The lowest BCUT2D eigenvalue weighted by molar-refractivity contribution is -0.161. The van der Waals surface area contributed by atoms with Crippen molar-refractivity contribution >= 4 is 23.9 Å². The molecule has 0 heterocycles. The first-order chi connectivity index (χ1) is 22.3. The Morgan fingerprint density at radius 1 is 0.531 bits per heavy atom. The number of rotatable bonds is 10. The van der Waals surface area contributed by atoms with Gasteiger partial charge in [0.1, 0.15) is 22.4 Å². The van der Waals surface area contributed by atoms with Gasteiger partial charge in [-0.25, -0.2) is 9.59 Å². The van der Waals surface area contributed by atoms with Gasteiger partial charge in [0.2, 0.25) is 0 Å². The van der Waals surface area contributed by atoms with Crippen LogP contribution < -0.4 is 0 Å². The summed E-state index contributed by atoms with van der Waals surface area (Å²) in [6.45, 7) is 25.8. The summed E-state index contributed by atoms with van der Waals surface area (Å²) in [7, 11) is 0. The van der Waals surface area contributed by atoms with Crippen molar-refractivity contribution in [2.45, 2.75) is 150 Å². The summed E-state index contributed by atoms with van der Waals surface area (Å²) in [5.41, 5.74) is 0.163. The van der Waals surface area contributed by atoms with Crippen LogP contribution in [0.25, 0.3) is 11.1 Å². The molecule has 2 aromatic rings. The molecular formula is C41H58O8. The van der Waals surface area contributed by atoms with Gasteiger partial charge < -0.3 is 18.9 Å². The van der Waals surface area contributed by atoms with Gasteiger partial charge >= 0.3 is 23.9 Å². The minimum Gasteiger partial charge on any atom is -0.460 e. The van der Waals surface area contributed by atoms with Crippen LogP contribution in [0, 0.1) is 11.8 Å². The van der Waals surface area contributed by atoms with Crippen molar-refractivity contribution in [3.63, 3.8) is 0 Å². The Labute approximate surface area is 293 Å². The van der Waals surface area contributed by atoms with Crippen LogP contribution in [0.15, 0.2) is 36.4 Å². The number of ether oxygens (including phenoxy) is 4. The highest BCUT2D eigenvalue weighted by molar-refractivity contribution is 5.95. The summed E-state index contributed by atoms with van der Waals surface area (Å²) in [5.74, 6) is -2.78. The van der Waals surface area contributed by atoms with E-state index < -0.39 is 51.6 Å². The van der Waals surface area contributed by atoms with E-state index in [0.29, 0.717) is 24.0 Å². The van der Waals surface area contributed by atoms with Crippen molar-refractivity contribution in [2.75, 3.05) is 0 Å². The van der Waals surface area contributed by atoms with Crippen LogP contribution in [0.3, 0.4) is 0 Å². The topological polar surface area (TPSA) is 105 Å². The summed E-state index contributed by atoms with van der Waals surface area (Å²) in [6, 6.07) is 10.9. The van der Waals surface area contributed by atoms with Gasteiger partial charge in [-0.05, 0) is 155 Å². The Bertz CT molecular complexity index is 1440. The van der Waals surface area contributed by atoms with E-state index in [1.54, 1.807) is 12.1 Å². The van der Waals surface area contributed by atoms with Gasteiger partial charge in [0.05, 0.1) is 23.0 Å². The standard InChI is InChI=1S/C41H58O8/c1-15-25(33(42)46-37(3,4)5)23-41(24-26(16-2)34(43)47-38(6,7)8)31-21-27(35(44)48-39(9,10)11)17-19-29(31)30-20-18-28(22-32(30)41)36(45)49-40(12,13)14/h17-22,25-26H,15-16,23-24H2,1-14H3.